The summed E-state index contributed by atoms with van der Waals surface area (Å²) in [4.78, 5) is 11.5. The second-order valence-corrected chi connectivity index (χ2v) is 6.36. The second kappa shape index (κ2) is 7.70. The third-order valence-electron chi connectivity index (χ3n) is 2.86. The summed E-state index contributed by atoms with van der Waals surface area (Å²) in [5, 5.41) is 12.4. The maximum absolute atomic E-state index is 11.5. The van der Waals surface area contributed by atoms with E-state index in [0.29, 0.717) is 24.8 Å². The highest BCUT2D eigenvalue weighted by molar-refractivity contribution is 5.75. The Morgan fingerprint density at radius 2 is 1.88 bits per heavy atom. The zero-order valence-electron chi connectivity index (χ0n) is 12.0. The molecule has 102 valence electrons. The largest absolute Gasteiger partial charge is 0.393 e. The standard InChI is InChI=1S/C14H29NO2/c1-11(2)12(16)8-10-15-13(17)7-6-9-14(3,4)5/h11-12,16H,6-10H2,1-5H3,(H,15,17). The van der Waals surface area contributed by atoms with Crippen LogP contribution in [0.5, 0.6) is 0 Å². The summed E-state index contributed by atoms with van der Waals surface area (Å²) < 4.78 is 0. The van der Waals surface area contributed by atoms with E-state index < -0.39 is 0 Å². The van der Waals surface area contributed by atoms with Crippen LogP contribution in [0, 0.1) is 11.3 Å². The van der Waals surface area contributed by atoms with Gasteiger partial charge in [0.2, 0.25) is 5.91 Å². The molecule has 2 N–H and O–H groups in total. The molecule has 0 saturated carbocycles. The van der Waals surface area contributed by atoms with Crippen molar-refractivity contribution in [2.45, 2.75) is 66.4 Å². The average Bonchev–Trinajstić information content (AvgIpc) is 2.15. The smallest absolute Gasteiger partial charge is 0.219 e. The van der Waals surface area contributed by atoms with E-state index in [9.17, 15) is 9.90 Å². The number of carbonyl (C=O) groups excluding carboxylic acids is 1. The van der Waals surface area contributed by atoms with Crippen LogP contribution in [-0.2, 0) is 4.79 Å². The van der Waals surface area contributed by atoms with E-state index in [0.717, 1.165) is 12.8 Å². The highest BCUT2D eigenvalue weighted by Gasteiger charge is 2.12. The first-order valence-corrected chi connectivity index (χ1v) is 6.67. The molecule has 3 heteroatoms. The Labute approximate surface area is 106 Å². The minimum atomic E-state index is -0.315. The van der Waals surface area contributed by atoms with Gasteiger partial charge >= 0.3 is 0 Å². The zero-order chi connectivity index (χ0) is 13.5. The third kappa shape index (κ3) is 10.3. The summed E-state index contributed by atoms with van der Waals surface area (Å²) in [5.41, 5.74) is 0.300. The van der Waals surface area contributed by atoms with Crippen molar-refractivity contribution >= 4 is 5.91 Å². The highest BCUT2D eigenvalue weighted by atomic mass is 16.3. The van der Waals surface area contributed by atoms with Gasteiger partial charge in [0.15, 0.2) is 0 Å². The first kappa shape index (κ1) is 16.4. The quantitative estimate of drug-likeness (QED) is 0.722. The second-order valence-electron chi connectivity index (χ2n) is 6.36. The van der Waals surface area contributed by atoms with Crippen molar-refractivity contribution in [2.75, 3.05) is 6.54 Å². The lowest BCUT2D eigenvalue weighted by atomic mass is 9.90. The summed E-state index contributed by atoms with van der Waals surface area (Å²) in [6.45, 7) is 11.1. The van der Waals surface area contributed by atoms with Gasteiger partial charge in [0.1, 0.15) is 0 Å². The van der Waals surface area contributed by atoms with Crippen LogP contribution >= 0.6 is 0 Å². The van der Waals surface area contributed by atoms with Gasteiger partial charge in [0.05, 0.1) is 6.10 Å². The summed E-state index contributed by atoms with van der Waals surface area (Å²) >= 11 is 0. The van der Waals surface area contributed by atoms with E-state index in [1.165, 1.54) is 0 Å². The predicted octanol–water partition coefficient (Wildman–Crippen LogP) is 2.73. The molecule has 0 heterocycles. The molecule has 0 saturated heterocycles. The van der Waals surface area contributed by atoms with Crippen LogP contribution in [0.15, 0.2) is 0 Å². The van der Waals surface area contributed by atoms with Gasteiger partial charge in [-0.1, -0.05) is 34.6 Å². The Bertz CT molecular complexity index is 219. The van der Waals surface area contributed by atoms with Crippen LogP contribution in [0.4, 0.5) is 0 Å². The molecule has 0 aromatic rings. The number of nitrogens with one attached hydrogen (secondary N) is 1. The molecule has 1 atom stereocenters. The van der Waals surface area contributed by atoms with Gasteiger partial charge < -0.3 is 10.4 Å². The molecule has 0 rings (SSSR count). The Morgan fingerprint density at radius 3 is 2.35 bits per heavy atom. The van der Waals surface area contributed by atoms with Crippen LogP contribution in [-0.4, -0.2) is 23.7 Å². The molecule has 0 radical (unpaired) electrons. The zero-order valence-corrected chi connectivity index (χ0v) is 12.0. The van der Waals surface area contributed by atoms with Gasteiger partial charge in [0, 0.05) is 13.0 Å². The molecular formula is C14H29NO2. The number of aliphatic hydroxyl groups is 1. The van der Waals surface area contributed by atoms with E-state index in [4.69, 9.17) is 0 Å². The fraction of sp³-hybridized carbons (Fsp3) is 0.929. The molecule has 0 aliphatic carbocycles. The van der Waals surface area contributed by atoms with Gasteiger partial charge in [-0.05, 0) is 30.6 Å². The molecule has 0 spiro atoms. The van der Waals surface area contributed by atoms with Crippen molar-refractivity contribution in [3.8, 4) is 0 Å². The molecule has 0 aliphatic heterocycles. The Kier molecular flexibility index (Phi) is 7.44. The lowest BCUT2D eigenvalue weighted by Gasteiger charge is -2.17. The van der Waals surface area contributed by atoms with Crippen molar-refractivity contribution in [3.05, 3.63) is 0 Å². The van der Waals surface area contributed by atoms with Crippen LogP contribution in [0.25, 0.3) is 0 Å². The summed E-state index contributed by atoms with van der Waals surface area (Å²) in [6.07, 6.45) is 2.92. The lowest BCUT2D eigenvalue weighted by Crippen LogP contribution is -2.28. The van der Waals surface area contributed by atoms with Gasteiger partial charge in [0.25, 0.3) is 0 Å². The van der Waals surface area contributed by atoms with Crippen LogP contribution in [0.1, 0.15) is 60.3 Å². The number of hydrogen-bond donors (Lipinski definition) is 2. The molecule has 17 heavy (non-hydrogen) atoms. The molecule has 3 nitrogen and oxygen atoms in total. The monoisotopic (exact) mass is 243 g/mol. The average molecular weight is 243 g/mol. The van der Waals surface area contributed by atoms with E-state index in [1.807, 2.05) is 13.8 Å². The Balaban J connectivity index is 3.54. The molecular weight excluding hydrogens is 214 g/mol. The van der Waals surface area contributed by atoms with E-state index in [2.05, 4.69) is 26.1 Å². The third-order valence-corrected chi connectivity index (χ3v) is 2.86. The molecule has 1 amide bonds. The van der Waals surface area contributed by atoms with Crippen LogP contribution in [0.2, 0.25) is 0 Å². The molecule has 0 fully saturated rings. The number of carbonyl (C=O) groups is 1. The van der Waals surface area contributed by atoms with E-state index in [1.54, 1.807) is 0 Å². The molecule has 1 unspecified atom stereocenters. The fourth-order valence-electron chi connectivity index (χ4n) is 1.56. The Morgan fingerprint density at radius 1 is 1.29 bits per heavy atom. The lowest BCUT2D eigenvalue weighted by molar-refractivity contribution is -0.121. The Hall–Kier alpha value is -0.570. The summed E-state index contributed by atoms with van der Waals surface area (Å²) in [5.74, 6) is 0.359. The highest BCUT2D eigenvalue weighted by Crippen LogP contribution is 2.21. The summed E-state index contributed by atoms with van der Waals surface area (Å²) in [7, 11) is 0. The topological polar surface area (TPSA) is 49.3 Å². The molecule has 0 aromatic heterocycles. The minimum Gasteiger partial charge on any atom is -0.393 e. The van der Waals surface area contributed by atoms with Gasteiger partial charge in [-0.2, -0.15) is 0 Å². The van der Waals surface area contributed by atoms with Crippen molar-refractivity contribution in [1.82, 2.24) is 5.32 Å². The van der Waals surface area contributed by atoms with Crippen molar-refractivity contribution in [1.29, 1.82) is 0 Å². The van der Waals surface area contributed by atoms with Gasteiger partial charge in [-0.25, -0.2) is 0 Å². The number of amides is 1. The number of aliphatic hydroxyl groups excluding tert-OH is 1. The minimum absolute atomic E-state index is 0.102. The normalized spacial score (nSPS) is 13.8. The van der Waals surface area contributed by atoms with Crippen molar-refractivity contribution < 1.29 is 9.90 Å². The maximum atomic E-state index is 11.5. The maximum Gasteiger partial charge on any atom is 0.219 e. The van der Waals surface area contributed by atoms with Crippen molar-refractivity contribution in [3.63, 3.8) is 0 Å². The molecule has 0 aliphatic rings. The predicted molar refractivity (Wildman–Crippen MR) is 71.8 cm³/mol. The summed E-state index contributed by atoms with van der Waals surface area (Å²) in [6, 6.07) is 0. The SMILES string of the molecule is CC(C)C(O)CCNC(=O)CCCC(C)(C)C. The van der Waals surface area contributed by atoms with Gasteiger partial charge in [-0.15, -0.1) is 0 Å². The van der Waals surface area contributed by atoms with Crippen LogP contribution in [0.3, 0.4) is 0 Å². The first-order chi connectivity index (χ1) is 7.72. The van der Waals surface area contributed by atoms with E-state index >= 15 is 0 Å². The number of rotatable bonds is 7. The van der Waals surface area contributed by atoms with Crippen LogP contribution < -0.4 is 5.32 Å². The fourth-order valence-corrected chi connectivity index (χ4v) is 1.56. The first-order valence-electron chi connectivity index (χ1n) is 6.67. The van der Waals surface area contributed by atoms with Crippen molar-refractivity contribution in [2.24, 2.45) is 11.3 Å². The molecule has 0 aromatic carbocycles. The van der Waals surface area contributed by atoms with Gasteiger partial charge in [-0.3, -0.25) is 4.79 Å². The number of hydrogen-bond acceptors (Lipinski definition) is 2. The van der Waals surface area contributed by atoms with E-state index in [-0.39, 0.29) is 17.9 Å². The molecule has 0 bridgehead atoms.